The van der Waals surface area contributed by atoms with Crippen LogP contribution in [0.2, 0.25) is 0 Å². The van der Waals surface area contributed by atoms with Crippen LogP contribution >= 0.6 is 12.2 Å². The zero-order chi connectivity index (χ0) is 8.48. The molecule has 0 saturated carbocycles. The fourth-order valence-electron chi connectivity index (χ4n) is 1.26. The topological polar surface area (TPSA) is 41.1 Å². The first kappa shape index (κ1) is 8.46. The molecule has 1 amide bonds. The average molecular weight is 172 g/mol. The van der Waals surface area contributed by atoms with Crippen LogP contribution in [0.5, 0.6) is 0 Å². The van der Waals surface area contributed by atoms with E-state index in [9.17, 15) is 4.79 Å². The van der Waals surface area contributed by atoms with Crippen LogP contribution in [0.25, 0.3) is 0 Å². The second-order valence-corrected chi connectivity index (χ2v) is 3.40. The molecule has 0 radical (unpaired) electrons. The molecule has 62 valence electrons. The molecule has 11 heavy (non-hydrogen) atoms. The third-order valence-corrected chi connectivity index (χ3v) is 2.07. The first-order chi connectivity index (χ1) is 5.08. The highest BCUT2D eigenvalue weighted by molar-refractivity contribution is 7.80. The van der Waals surface area contributed by atoms with Gasteiger partial charge in [0.05, 0.1) is 0 Å². The van der Waals surface area contributed by atoms with Crippen LogP contribution in [-0.4, -0.2) is 16.6 Å². The van der Waals surface area contributed by atoms with Gasteiger partial charge in [-0.2, -0.15) is 0 Å². The third kappa shape index (κ3) is 1.50. The quantitative estimate of drug-likeness (QED) is 0.598. The molecule has 1 atom stereocenters. The SMILES string of the molecule is CCCC1(C)NC(=S)NC1=O. The summed E-state index contributed by atoms with van der Waals surface area (Å²) >= 11 is 4.82. The maximum Gasteiger partial charge on any atom is 0.251 e. The fourth-order valence-corrected chi connectivity index (χ4v) is 1.57. The molecule has 4 heteroatoms. The Morgan fingerprint density at radius 3 is 2.64 bits per heavy atom. The summed E-state index contributed by atoms with van der Waals surface area (Å²) in [6.45, 7) is 3.91. The minimum Gasteiger partial charge on any atom is -0.348 e. The van der Waals surface area contributed by atoms with Crippen molar-refractivity contribution < 1.29 is 4.79 Å². The molecule has 0 aromatic rings. The van der Waals surface area contributed by atoms with Gasteiger partial charge in [-0.3, -0.25) is 4.79 Å². The molecule has 0 aromatic heterocycles. The Morgan fingerprint density at radius 1 is 1.64 bits per heavy atom. The van der Waals surface area contributed by atoms with Gasteiger partial charge in [-0.15, -0.1) is 0 Å². The van der Waals surface area contributed by atoms with Crippen LogP contribution in [0, 0.1) is 0 Å². The molecule has 1 unspecified atom stereocenters. The van der Waals surface area contributed by atoms with Gasteiger partial charge >= 0.3 is 0 Å². The average Bonchev–Trinajstić information content (AvgIpc) is 2.08. The highest BCUT2D eigenvalue weighted by atomic mass is 32.1. The second kappa shape index (κ2) is 2.77. The lowest BCUT2D eigenvalue weighted by atomic mass is 9.97. The lowest BCUT2D eigenvalue weighted by Gasteiger charge is -2.19. The monoisotopic (exact) mass is 172 g/mol. The molecule has 3 nitrogen and oxygen atoms in total. The van der Waals surface area contributed by atoms with Crippen LogP contribution in [-0.2, 0) is 4.79 Å². The smallest absolute Gasteiger partial charge is 0.251 e. The van der Waals surface area contributed by atoms with Gasteiger partial charge < -0.3 is 10.6 Å². The zero-order valence-corrected chi connectivity index (χ0v) is 7.55. The standard InChI is InChI=1S/C7H12N2OS/c1-3-4-7(2)5(10)8-6(11)9-7/h3-4H2,1-2H3,(H2,8,9,10,11). The van der Waals surface area contributed by atoms with E-state index in [1.165, 1.54) is 0 Å². The van der Waals surface area contributed by atoms with E-state index >= 15 is 0 Å². The van der Waals surface area contributed by atoms with Gasteiger partial charge in [0, 0.05) is 0 Å². The first-order valence-electron chi connectivity index (χ1n) is 3.72. The Bertz CT molecular complexity index is 205. The van der Waals surface area contributed by atoms with Crippen molar-refractivity contribution >= 4 is 23.2 Å². The predicted octanol–water partition coefficient (Wildman–Crippen LogP) is 0.549. The van der Waals surface area contributed by atoms with Crippen molar-refractivity contribution in [1.29, 1.82) is 0 Å². The number of hydrogen-bond donors (Lipinski definition) is 2. The Hall–Kier alpha value is -0.640. The summed E-state index contributed by atoms with van der Waals surface area (Å²) in [6, 6.07) is 0. The Kier molecular flexibility index (Phi) is 2.13. The van der Waals surface area contributed by atoms with Crippen LogP contribution < -0.4 is 10.6 Å². The van der Waals surface area contributed by atoms with Gasteiger partial charge in [0.2, 0.25) is 0 Å². The molecule has 1 heterocycles. The van der Waals surface area contributed by atoms with E-state index < -0.39 is 5.54 Å². The van der Waals surface area contributed by atoms with Crippen molar-refractivity contribution in [2.45, 2.75) is 32.2 Å². The van der Waals surface area contributed by atoms with E-state index in [2.05, 4.69) is 10.6 Å². The van der Waals surface area contributed by atoms with Crippen LogP contribution in [0.3, 0.4) is 0 Å². The summed E-state index contributed by atoms with van der Waals surface area (Å²) in [7, 11) is 0. The Labute approximate surface area is 71.5 Å². The van der Waals surface area contributed by atoms with Crippen molar-refractivity contribution in [3.8, 4) is 0 Å². The van der Waals surface area contributed by atoms with Gasteiger partial charge in [-0.05, 0) is 25.6 Å². The maximum absolute atomic E-state index is 11.2. The summed E-state index contributed by atoms with van der Waals surface area (Å²) in [5, 5.41) is 5.98. The Morgan fingerprint density at radius 2 is 2.27 bits per heavy atom. The highest BCUT2D eigenvalue weighted by Gasteiger charge is 2.38. The van der Waals surface area contributed by atoms with Gasteiger partial charge in [0.25, 0.3) is 5.91 Å². The summed E-state index contributed by atoms with van der Waals surface area (Å²) in [5.41, 5.74) is -0.466. The molecule has 1 saturated heterocycles. The highest BCUT2D eigenvalue weighted by Crippen LogP contribution is 2.15. The summed E-state index contributed by atoms with van der Waals surface area (Å²) in [5.74, 6) is -0.00986. The molecule has 2 N–H and O–H groups in total. The number of carbonyl (C=O) groups is 1. The largest absolute Gasteiger partial charge is 0.348 e. The van der Waals surface area contributed by atoms with E-state index in [1.807, 2.05) is 13.8 Å². The molecule has 1 aliphatic rings. The molecular weight excluding hydrogens is 160 g/mol. The summed E-state index contributed by atoms with van der Waals surface area (Å²) < 4.78 is 0. The molecule has 1 fully saturated rings. The van der Waals surface area contributed by atoms with E-state index in [4.69, 9.17) is 12.2 Å². The lowest BCUT2D eigenvalue weighted by Crippen LogP contribution is -2.43. The number of thiocarbonyl (C=S) groups is 1. The molecule has 0 aromatic carbocycles. The molecule has 0 bridgehead atoms. The molecule has 0 aliphatic carbocycles. The number of amides is 1. The number of nitrogens with one attached hydrogen (secondary N) is 2. The number of rotatable bonds is 2. The van der Waals surface area contributed by atoms with Crippen molar-refractivity contribution in [2.24, 2.45) is 0 Å². The second-order valence-electron chi connectivity index (χ2n) is 2.99. The number of carbonyl (C=O) groups excluding carboxylic acids is 1. The minimum atomic E-state index is -0.466. The van der Waals surface area contributed by atoms with E-state index in [1.54, 1.807) is 0 Å². The molecule has 0 spiro atoms. The van der Waals surface area contributed by atoms with Crippen LogP contribution in [0.1, 0.15) is 26.7 Å². The van der Waals surface area contributed by atoms with Crippen molar-refractivity contribution in [2.75, 3.05) is 0 Å². The van der Waals surface area contributed by atoms with E-state index in [0.717, 1.165) is 12.8 Å². The lowest BCUT2D eigenvalue weighted by molar-refractivity contribution is -0.123. The predicted molar refractivity (Wildman–Crippen MR) is 47.2 cm³/mol. The van der Waals surface area contributed by atoms with Gasteiger partial charge in [0.1, 0.15) is 5.54 Å². The van der Waals surface area contributed by atoms with Crippen molar-refractivity contribution in [1.82, 2.24) is 10.6 Å². The zero-order valence-electron chi connectivity index (χ0n) is 6.73. The third-order valence-electron chi connectivity index (χ3n) is 1.87. The fraction of sp³-hybridized carbons (Fsp3) is 0.714. The van der Waals surface area contributed by atoms with Gasteiger partial charge in [-0.1, -0.05) is 13.3 Å². The van der Waals surface area contributed by atoms with E-state index in [0.29, 0.717) is 5.11 Å². The first-order valence-corrected chi connectivity index (χ1v) is 4.13. The minimum absolute atomic E-state index is 0.00986. The Balaban J connectivity index is 2.70. The van der Waals surface area contributed by atoms with Crippen molar-refractivity contribution in [3.63, 3.8) is 0 Å². The van der Waals surface area contributed by atoms with Crippen molar-refractivity contribution in [3.05, 3.63) is 0 Å². The molecule has 1 rings (SSSR count). The molecule has 1 aliphatic heterocycles. The van der Waals surface area contributed by atoms with Gasteiger partial charge in [-0.25, -0.2) is 0 Å². The summed E-state index contributed by atoms with van der Waals surface area (Å²) in [4.78, 5) is 11.2. The normalized spacial score (nSPS) is 30.0. The van der Waals surface area contributed by atoms with Crippen LogP contribution in [0.4, 0.5) is 0 Å². The van der Waals surface area contributed by atoms with Gasteiger partial charge in [0.15, 0.2) is 5.11 Å². The summed E-state index contributed by atoms with van der Waals surface area (Å²) in [6.07, 6.45) is 1.79. The number of hydrogen-bond acceptors (Lipinski definition) is 2. The maximum atomic E-state index is 11.2. The molecular formula is C7H12N2OS. The van der Waals surface area contributed by atoms with E-state index in [-0.39, 0.29) is 5.91 Å². The van der Waals surface area contributed by atoms with Crippen LogP contribution in [0.15, 0.2) is 0 Å².